The summed E-state index contributed by atoms with van der Waals surface area (Å²) in [5.41, 5.74) is 2.19. The highest BCUT2D eigenvalue weighted by atomic mass is 15.0. The number of hydrogen-bond acceptors (Lipinski definition) is 5. The first-order chi connectivity index (χ1) is 9.34. The number of aryl methyl sites for hydroxylation is 1. The molecule has 0 spiro atoms. The molecule has 19 heavy (non-hydrogen) atoms. The maximum atomic E-state index is 4.15. The van der Waals surface area contributed by atoms with E-state index >= 15 is 0 Å². The second-order valence-electron chi connectivity index (χ2n) is 4.36. The number of rotatable bonds is 7. The van der Waals surface area contributed by atoms with E-state index in [2.05, 4.69) is 31.7 Å². The molecule has 2 aromatic rings. The van der Waals surface area contributed by atoms with Crippen LogP contribution in [-0.4, -0.2) is 28.0 Å². The molecule has 2 heterocycles. The summed E-state index contributed by atoms with van der Waals surface area (Å²) in [6, 6.07) is 5.97. The van der Waals surface area contributed by atoms with Crippen LogP contribution in [0.3, 0.4) is 0 Å². The second kappa shape index (κ2) is 7.43. The molecule has 0 unspecified atom stereocenters. The van der Waals surface area contributed by atoms with E-state index in [0.29, 0.717) is 0 Å². The van der Waals surface area contributed by atoms with Crippen LogP contribution in [0.4, 0.5) is 5.82 Å². The Labute approximate surface area is 113 Å². The molecule has 0 amide bonds. The molecule has 5 heteroatoms. The Balaban J connectivity index is 1.58. The molecule has 0 saturated heterocycles. The van der Waals surface area contributed by atoms with Gasteiger partial charge in [0.2, 0.25) is 0 Å². The van der Waals surface area contributed by atoms with Crippen molar-refractivity contribution in [3.05, 3.63) is 48.2 Å². The van der Waals surface area contributed by atoms with Gasteiger partial charge in [-0.05, 0) is 31.5 Å². The molecule has 5 nitrogen and oxygen atoms in total. The summed E-state index contributed by atoms with van der Waals surface area (Å²) in [7, 11) is 0. The monoisotopic (exact) mass is 257 g/mol. The summed E-state index contributed by atoms with van der Waals surface area (Å²) in [5.74, 6) is 0.889. The van der Waals surface area contributed by atoms with Gasteiger partial charge in [0.1, 0.15) is 12.1 Å². The van der Waals surface area contributed by atoms with Crippen molar-refractivity contribution < 1.29 is 0 Å². The van der Waals surface area contributed by atoms with E-state index < -0.39 is 0 Å². The third-order valence-electron chi connectivity index (χ3n) is 2.69. The lowest BCUT2D eigenvalue weighted by Gasteiger charge is -2.07. The normalized spacial score (nSPS) is 10.4. The van der Waals surface area contributed by atoms with Crippen molar-refractivity contribution >= 4 is 5.82 Å². The maximum absolute atomic E-state index is 4.15. The Kier molecular flexibility index (Phi) is 5.25. The van der Waals surface area contributed by atoms with Crippen LogP contribution in [0.15, 0.2) is 36.9 Å². The van der Waals surface area contributed by atoms with Crippen LogP contribution in [-0.2, 0) is 6.54 Å². The number of aromatic nitrogens is 3. The Hall–Kier alpha value is -2.01. The molecule has 2 rings (SSSR count). The topological polar surface area (TPSA) is 62.7 Å². The van der Waals surface area contributed by atoms with E-state index in [1.807, 2.05) is 25.3 Å². The van der Waals surface area contributed by atoms with Crippen LogP contribution < -0.4 is 10.6 Å². The first-order valence-corrected chi connectivity index (χ1v) is 6.47. The zero-order valence-corrected chi connectivity index (χ0v) is 11.1. The first kappa shape index (κ1) is 13.4. The Morgan fingerprint density at radius 2 is 2.16 bits per heavy atom. The average molecular weight is 257 g/mol. The Bertz CT molecular complexity index is 486. The number of pyridine rings is 1. The third-order valence-corrected chi connectivity index (χ3v) is 2.69. The molecule has 0 radical (unpaired) electrons. The summed E-state index contributed by atoms with van der Waals surface area (Å²) in [6.07, 6.45) is 6.30. The van der Waals surface area contributed by atoms with Crippen molar-refractivity contribution in [1.82, 2.24) is 20.3 Å². The summed E-state index contributed by atoms with van der Waals surface area (Å²) >= 11 is 0. The van der Waals surface area contributed by atoms with Crippen LogP contribution >= 0.6 is 0 Å². The SMILES string of the molecule is Cc1cc(NCCCNCc2cccnc2)ncn1. The van der Waals surface area contributed by atoms with Crippen molar-refractivity contribution in [2.45, 2.75) is 19.9 Å². The highest BCUT2D eigenvalue weighted by molar-refractivity contribution is 5.34. The predicted octanol–water partition coefficient (Wildman–Crippen LogP) is 1.77. The van der Waals surface area contributed by atoms with Crippen LogP contribution in [0.25, 0.3) is 0 Å². The lowest BCUT2D eigenvalue weighted by atomic mass is 10.3. The van der Waals surface area contributed by atoms with Crippen molar-refractivity contribution in [2.24, 2.45) is 0 Å². The number of nitrogens with one attached hydrogen (secondary N) is 2. The first-order valence-electron chi connectivity index (χ1n) is 6.47. The van der Waals surface area contributed by atoms with Gasteiger partial charge in [-0.1, -0.05) is 6.07 Å². The molecule has 2 N–H and O–H groups in total. The Morgan fingerprint density at radius 3 is 2.95 bits per heavy atom. The number of anilines is 1. The molecule has 100 valence electrons. The summed E-state index contributed by atoms with van der Waals surface area (Å²) in [4.78, 5) is 12.3. The van der Waals surface area contributed by atoms with E-state index in [1.54, 1.807) is 12.5 Å². The molecule has 0 fully saturated rings. The van der Waals surface area contributed by atoms with Gasteiger partial charge >= 0.3 is 0 Å². The van der Waals surface area contributed by atoms with Crippen LogP contribution in [0.5, 0.6) is 0 Å². The highest BCUT2D eigenvalue weighted by Crippen LogP contribution is 2.02. The summed E-state index contributed by atoms with van der Waals surface area (Å²) in [6.45, 7) is 4.69. The van der Waals surface area contributed by atoms with Gasteiger partial charge in [-0.2, -0.15) is 0 Å². The lowest BCUT2D eigenvalue weighted by Crippen LogP contribution is -2.18. The predicted molar refractivity (Wildman–Crippen MR) is 75.8 cm³/mol. The van der Waals surface area contributed by atoms with Gasteiger partial charge in [0, 0.05) is 37.2 Å². The molecule has 0 aliphatic carbocycles. The van der Waals surface area contributed by atoms with Crippen LogP contribution in [0.1, 0.15) is 17.7 Å². The van der Waals surface area contributed by atoms with Crippen molar-refractivity contribution in [2.75, 3.05) is 18.4 Å². The fourth-order valence-corrected chi connectivity index (χ4v) is 1.72. The number of nitrogens with zero attached hydrogens (tertiary/aromatic N) is 3. The summed E-state index contributed by atoms with van der Waals surface area (Å²) < 4.78 is 0. The molecule has 0 aliphatic rings. The molecule has 0 aromatic carbocycles. The maximum Gasteiger partial charge on any atom is 0.129 e. The van der Waals surface area contributed by atoms with Gasteiger partial charge in [0.05, 0.1) is 0 Å². The van der Waals surface area contributed by atoms with Gasteiger partial charge in [0.15, 0.2) is 0 Å². The van der Waals surface area contributed by atoms with E-state index in [0.717, 1.165) is 37.6 Å². The third kappa shape index (κ3) is 5.01. The van der Waals surface area contributed by atoms with Gasteiger partial charge in [-0.3, -0.25) is 4.98 Å². The standard InChI is InChI=1S/C14H19N5/c1-12-8-14(19-11-18-12)17-7-3-6-16-10-13-4-2-5-15-9-13/h2,4-5,8-9,11,16H,3,6-7,10H2,1H3,(H,17,18,19). The highest BCUT2D eigenvalue weighted by Gasteiger charge is 1.95. The number of hydrogen-bond donors (Lipinski definition) is 2. The minimum atomic E-state index is 0.862. The molecule has 2 aromatic heterocycles. The fraction of sp³-hybridized carbons (Fsp3) is 0.357. The molecule has 0 aliphatic heterocycles. The quantitative estimate of drug-likeness (QED) is 0.740. The summed E-state index contributed by atoms with van der Waals surface area (Å²) in [5, 5.41) is 6.67. The van der Waals surface area contributed by atoms with Crippen molar-refractivity contribution in [3.63, 3.8) is 0 Å². The largest absolute Gasteiger partial charge is 0.370 e. The van der Waals surface area contributed by atoms with Crippen molar-refractivity contribution in [3.8, 4) is 0 Å². The average Bonchev–Trinajstić information content (AvgIpc) is 2.44. The van der Waals surface area contributed by atoms with E-state index in [9.17, 15) is 0 Å². The lowest BCUT2D eigenvalue weighted by molar-refractivity contribution is 0.661. The molecular weight excluding hydrogens is 238 g/mol. The van der Waals surface area contributed by atoms with Crippen LogP contribution in [0, 0.1) is 6.92 Å². The van der Waals surface area contributed by atoms with Crippen molar-refractivity contribution in [1.29, 1.82) is 0 Å². The van der Waals surface area contributed by atoms with Gasteiger partial charge < -0.3 is 10.6 Å². The molecular formula is C14H19N5. The zero-order valence-electron chi connectivity index (χ0n) is 11.1. The van der Waals surface area contributed by atoms with E-state index in [1.165, 1.54) is 5.56 Å². The fourth-order valence-electron chi connectivity index (χ4n) is 1.72. The van der Waals surface area contributed by atoms with Crippen LogP contribution in [0.2, 0.25) is 0 Å². The Morgan fingerprint density at radius 1 is 1.21 bits per heavy atom. The smallest absolute Gasteiger partial charge is 0.129 e. The van der Waals surface area contributed by atoms with E-state index in [4.69, 9.17) is 0 Å². The zero-order chi connectivity index (χ0) is 13.3. The molecule has 0 bridgehead atoms. The van der Waals surface area contributed by atoms with Gasteiger partial charge in [-0.25, -0.2) is 9.97 Å². The van der Waals surface area contributed by atoms with E-state index in [-0.39, 0.29) is 0 Å². The minimum absolute atomic E-state index is 0.862. The molecule has 0 atom stereocenters. The molecule has 0 saturated carbocycles. The van der Waals surface area contributed by atoms with Gasteiger partial charge in [-0.15, -0.1) is 0 Å². The second-order valence-corrected chi connectivity index (χ2v) is 4.36. The van der Waals surface area contributed by atoms with Gasteiger partial charge in [0.25, 0.3) is 0 Å². The minimum Gasteiger partial charge on any atom is -0.370 e.